The van der Waals surface area contributed by atoms with E-state index in [1.165, 1.54) is 11.1 Å². The molecule has 2 fully saturated rings. The number of likely N-dealkylation sites (tertiary alicyclic amines) is 1. The first-order valence-electron chi connectivity index (χ1n) is 10.4. The number of ketones is 1. The first kappa shape index (κ1) is 29.0. The quantitative estimate of drug-likeness (QED) is 0.325. The number of carboxylic acid groups (broad SMARTS) is 2. The van der Waals surface area contributed by atoms with Gasteiger partial charge in [-0.3, -0.25) is 4.79 Å². The Morgan fingerprint density at radius 3 is 2.61 bits per heavy atom. The summed E-state index contributed by atoms with van der Waals surface area (Å²) >= 11 is 3.38. The second-order valence-corrected chi connectivity index (χ2v) is 9.32. The van der Waals surface area contributed by atoms with Crippen LogP contribution in [0.1, 0.15) is 36.8 Å². The number of thiol groups is 1. The number of hydrogen-bond donors (Lipinski definition) is 1. The minimum absolute atomic E-state index is 0. The van der Waals surface area contributed by atoms with Crippen LogP contribution in [-0.4, -0.2) is 60.7 Å². The number of carboxylic acids is 2. The number of carbonyl (C=O) groups excluding carboxylic acids is 3. The van der Waals surface area contributed by atoms with Gasteiger partial charge in [0.1, 0.15) is 0 Å². The van der Waals surface area contributed by atoms with Crippen LogP contribution in [0.15, 0.2) is 12.1 Å². The van der Waals surface area contributed by atoms with Crippen molar-refractivity contribution in [2.24, 2.45) is 5.92 Å². The van der Waals surface area contributed by atoms with Gasteiger partial charge in [-0.1, -0.05) is 6.07 Å². The average molecular weight is 493 g/mol. The molecule has 0 radical (unpaired) electrons. The Bertz CT molecular complexity index is 946. The van der Waals surface area contributed by atoms with Gasteiger partial charge in [-0.2, -0.15) is 12.6 Å². The summed E-state index contributed by atoms with van der Waals surface area (Å²) in [4.78, 5) is 34.5. The summed E-state index contributed by atoms with van der Waals surface area (Å²) < 4.78 is 11.8. The van der Waals surface area contributed by atoms with Crippen molar-refractivity contribution in [2.75, 3.05) is 20.7 Å². The standard InChI is InChI=1S/C18H21NO3.C4H6O4S.2Na/c1-19-8-7-18-11-4-5-13(20)17(18)22-16-14(21-2)6-3-10(15(16)18)9-12(11)19;5-3(6)1-2(9)4(7)8;;/h3,6,11-12,17H,4-5,7-9H2,1-2H3;2,9H,1H2,(H,5,6)(H,7,8);;/q;;2*+1/p-2/t11-,12+,17-,18-;;;/m0.../s1. The molecule has 2 aliphatic heterocycles. The molecule has 4 aliphatic rings. The number of hydrogen-bond acceptors (Lipinski definition) is 9. The Morgan fingerprint density at radius 2 is 2.03 bits per heavy atom. The molecule has 168 valence electrons. The molecule has 1 saturated heterocycles. The Hall–Kier alpha value is -0.260. The minimum Gasteiger partial charge on any atom is -0.550 e. The first-order chi connectivity index (χ1) is 14.7. The van der Waals surface area contributed by atoms with E-state index in [4.69, 9.17) is 9.47 Å². The molecule has 11 heteroatoms. The minimum atomic E-state index is -1.50. The molecule has 1 aromatic carbocycles. The molecule has 0 aromatic heterocycles. The number of likely N-dealkylation sites (N-methyl/N-ethyl adjacent to an activating group) is 1. The van der Waals surface area contributed by atoms with E-state index in [2.05, 4.69) is 30.6 Å². The molecule has 8 nitrogen and oxygen atoms in total. The van der Waals surface area contributed by atoms with Gasteiger partial charge in [0.2, 0.25) is 0 Å². The summed E-state index contributed by atoms with van der Waals surface area (Å²) in [6.45, 7) is 1.05. The average Bonchev–Trinajstić information content (AvgIpc) is 3.07. The summed E-state index contributed by atoms with van der Waals surface area (Å²) in [6, 6.07) is 4.73. The summed E-state index contributed by atoms with van der Waals surface area (Å²) in [5.41, 5.74) is 2.57. The molecule has 0 N–H and O–H groups in total. The van der Waals surface area contributed by atoms with Crippen LogP contribution < -0.4 is 78.8 Å². The van der Waals surface area contributed by atoms with Gasteiger partial charge in [0.15, 0.2) is 23.4 Å². The van der Waals surface area contributed by atoms with E-state index in [9.17, 15) is 24.6 Å². The number of Topliss-reactive ketones (excluding diaryl/α,β-unsaturated/α-hetero) is 1. The zero-order valence-electron chi connectivity index (χ0n) is 19.5. The molecule has 5 rings (SSSR count). The molecule has 1 unspecified atom stereocenters. The predicted molar refractivity (Wildman–Crippen MR) is 109 cm³/mol. The van der Waals surface area contributed by atoms with Crippen molar-refractivity contribution in [2.45, 2.75) is 54.9 Å². The molecule has 5 atom stereocenters. The monoisotopic (exact) mass is 493 g/mol. The fourth-order valence-corrected chi connectivity index (χ4v) is 6.06. The van der Waals surface area contributed by atoms with Crippen LogP contribution in [0.4, 0.5) is 0 Å². The van der Waals surface area contributed by atoms with Crippen molar-refractivity contribution in [3.05, 3.63) is 23.3 Å². The van der Waals surface area contributed by atoms with Crippen molar-refractivity contribution in [3.63, 3.8) is 0 Å². The van der Waals surface area contributed by atoms with E-state index in [0.717, 1.165) is 37.3 Å². The Kier molecular flexibility index (Phi) is 9.84. The van der Waals surface area contributed by atoms with Gasteiger partial charge < -0.3 is 34.2 Å². The maximum atomic E-state index is 12.6. The Labute approximate surface area is 242 Å². The Balaban J connectivity index is 0.000000306. The number of rotatable bonds is 4. The molecule has 0 amide bonds. The molecule has 2 bridgehead atoms. The molecule has 1 aromatic rings. The zero-order chi connectivity index (χ0) is 22.5. The predicted octanol–water partition coefficient (Wildman–Crippen LogP) is -6.88. The van der Waals surface area contributed by atoms with Crippen molar-refractivity contribution in [1.29, 1.82) is 0 Å². The van der Waals surface area contributed by atoms with E-state index >= 15 is 0 Å². The van der Waals surface area contributed by atoms with Crippen LogP contribution in [0.2, 0.25) is 0 Å². The molecule has 2 aliphatic carbocycles. The maximum Gasteiger partial charge on any atom is 1.00 e. The van der Waals surface area contributed by atoms with Crippen molar-refractivity contribution < 1.29 is 93.2 Å². The maximum absolute atomic E-state index is 12.6. The van der Waals surface area contributed by atoms with E-state index in [1.54, 1.807) is 7.11 Å². The van der Waals surface area contributed by atoms with Gasteiger partial charge >= 0.3 is 59.1 Å². The second-order valence-electron chi connectivity index (χ2n) is 8.69. The van der Waals surface area contributed by atoms with Gasteiger partial charge in [-0.05, 0) is 50.4 Å². The number of benzene rings is 1. The van der Waals surface area contributed by atoms with E-state index < -0.39 is 23.6 Å². The molecular weight excluding hydrogens is 468 g/mol. The van der Waals surface area contributed by atoms with Crippen molar-refractivity contribution >= 4 is 30.4 Å². The summed E-state index contributed by atoms with van der Waals surface area (Å²) in [7, 11) is 3.91. The topological polar surface area (TPSA) is 119 Å². The number of ether oxygens (including phenoxy) is 2. The van der Waals surface area contributed by atoms with E-state index in [1.807, 2.05) is 6.07 Å². The number of piperidine rings is 1. The normalized spacial score (nSPS) is 29.1. The summed E-state index contributed by atoms with van der Waals surface area (Å²) in [5.74, 6) is -0.484. The van der Waals surface area contributed by atoms with E-state index in [-0.39, 0.29) is 76.4 Å². The van der Waals surface area contributed by atoms with Crippen molar-refractivity contribution in [3.8, 4) is 11.5 Å². The molecule has 33 heavy (non-hydrogen) atoms. The largest absolute Gasteiger partial charge is 1.00 e. The smallest absolute Gasteiger partial charge is 0.550 e. The first-order valence-corrected chi connectivity index (χ1v) is 10.9. The third kappa shape index (κ3) is 4.89. The van der Waals surface area contributed by atoms with Gasteiger partial charge in [0.05, 0.1) is 13.1 Å². The molecule has 2 heterocycles. The van der Waals surface area contributed by atoms with Gasteiger partial charge in [0.25, 0.3) is 0 Å². The third-order valence-corrected chi connectivity index (χ3v) is 7.62. The second kappa shape index (κ2) is 11.2. The number of aliphatic carboxylic acids is 2. The van der Waals surface area contributed by atoms with Crippen LogP contribution in [0.5, 0.6) is 11.5 Å². The number of carbonyl (C=O) groups is 3. The van der Waals surface area contributed by atoms with Crippen LogP contribution in [0, 0.1) is 5.92 Å². The van der Waals surface area contributed by atoms with Gasteiger partial charge in [0, 0.05) is 41.1 Å². The number of nitrogens with zero attached hydrogens (tertiary/aromatic N) is 1. The van der Waals surface area contributed by atoms with Gasteiger partial charge in [-0.25, -0.2) is 0 Å². The Morgan fingerprint density at radius 1 is 1.33 bits per heavy atom. The SMILES string of the molecule is COc1ccc2c3c1O[C@H]1C(=O)CC[C@H]4[C@@H](C2)N(C)CC[C@]314.O=C([O-])CC(S)C(=O)[O-].[Na+].[Na+]. The van der Waals surface area contributed by atoms with Gasteiger partial charge in [-0.15, -0.1) is 0 Å². The van der Waals surface area contributed by atoms with Crippen LogP contribution >= 0.6 is 12.6 Å². The molecule has 1 saturated carbocycles. The van der Waals surface area contributed by atoms with Crippen LogP contribution in [0.25, 0.3) is 0 Å². The summed E-state index contributed by atoms with van der Waals surface area (Å²) in [6.07, 6.45) is 2.85. The fourth-order valence-electron chi connectivity index (χ4n) is 5.91. The fraction of sp³-hybridized carbons (Fsp3) is 0.591. The third-order valence-electron chi connectivity index (χ3n) is 7.22. The van der Waals surface area contributed by atoms with E-state index in [0.29, 0.717) is 18.4 Å². The number of methoxy groups -OCH3 is 1. The molecule has 1 spiro atoms. The molecular formula is C22H25NNa2O7S. The zero-order valence-corrected chi connectivity index (χ0v) is 24.4. The van der Waals surface area contributed by atoms with Crippen LogP contribution in [0.3, 0.4) is 0 Å². The summed E-state index contributed by atoms with van der Waals surface area (Å²) in [5, 5.41) is 18.2. The van der Waals surface area contributed by atoms with Crippen molar-refractivity contribution in [1.82, 2.24) is 4.90 Å². The van der Waals surface area contributed by atoms with Crippen LogP contribution in [-0.2, 0) is 26.2 Å².